The minimum atomic E-state index is -1.51. The van der Waals surface area contributed by atoms with Gasteiger partial charge < -0.3 is 41.9 Å². The van der Waals surface area contributed by atoms with Crippen LogP contribution >= 0.6 is 0 Å². The molecule has 0 rings (SSSR count). The number of carboxylic acids is 3. The number of ketones is 1. The number of nitrogens with one attached hydrogen (secondary N) is 5. The SMILES string of the molecule is C=CC(=O)[C@H](CCCCNC(=O)CC[C@H](NC(=O)CC[C@H](NC(=O)CC[C@H](NC(C)=O)C(=O)O)C(=O)O)C(=O)O)NC. The molecule has 0 aromatic rings. The first-order valence-electron chi connectivity index (χ1n) is 13.4. The highest BCUT2D eigenvalue weighted by molar-refractivity contribution is 5.93. The molecule has 8 N–H and O–H groups in total. The summed E-state index contributed by atoms with van der Waals surface area (Å²) >= 11 is 0. The monoisotopic (exact) mass is 599 g/mol. The smallest absolute Gasteiger partial charge is 0.326 e. The molecule has 0 aromatic heterocycles. The Bertz CT molecular complexity index is 1000. The summed E-state index contributed by atoms with van der Waals surface area (Å²) < 4.78 is 0. The third-order valence-electron chi connectivity index (χ3n) is 6.06. The summed E-state index contributed by atoms with van der Waals surface area (Å²) in [7, 11) is 1.66. The molecule has 0 saturated carbocycles. The third kappa shape index (κ3) is 16.7. The third-order valence-corrected chi connectivity index (χ3v) is 6.06. The van der Waals surface area contributed by atoms with Gasteiger partial charge in [0, 0.05) is 32.7 Å². The largest absolute Gasteiger partial charge is 0.480 e. The number of likely N-dealkylation sites (N-methyl/N-ethyl adjacent to an activating group) is 1. The van der Waals surface area contributed by atoms with Crippen LogP contribution in [0.4, 0.5) is 0 Å². The first kappa shape index (κ1) is 37.7. The van der Waals surface area contributed by atoms with Crippen LogP contribution in [0.25, 0.3) is 0 Å². The Morgan fingerprint density at radius 2 is 1.07 bits per heavy atom. The number of rotatable bonds is 23. The highest BCUT2D eigenvalue weighted by Gasteiger charge is 2.26. The number of amides is 4. The Kier molecular flexibility index (Phi) is 18.4. The van der Waals surface area contributed by atoms with Gasteiger partial charge in [-0.3, -0.25) is 24.0 Å². The van der Waals surface area contributed by atoms with Gasteiger partial charge in [-0.15, -0.1) is 0 Å². The minimum absolute atomic E-state index is 0.127. The lowest BCUT2D eigenvalue weighted by Crippen LogP contribution is -2.45. The topological polar surface area (TPSA) is 257 Å². The number of hydrogen-bond donors (Lipinski definition) is 8. The van der Waals surface area contributed by atoms with E-state index in [1.165, 1.54) is 6.08 Å². The van der Waals surface area contributed by atoms with E-state index >= 15 is 0 Å². The Hall–Kier alpha value is -4.34. The molecule has 0 spiro atoms. The molecule has 0 bridgehead atoms. The van der Waals surface area contributed by atoms with E-state index in [4.69, 9.17) is 5.11 Å². The molecule has 0 saturated heterocycles. The van der Waals surface area contributed by atoms with Gasteiger partial charge in [-0.2, -0.15) is 0 Å². The van der Waals surface area contributed by atoms with E-state index in [2.05, 4.69) is 33.2 Å². The maximum absolute atomic E-state index is 12.3. The predicted molar refractivity (Wildman–Crippen MR) is 147 cm³/mol. The second-order valence-corrected chi connectivity index (χ2v) is 9.42. The molecule has 42 heavy (non-hydrogen) atoms. The fraction of sp³-hybridized carbons (Fsp3) is 0.615. The van der Waals surface area contributed by atoms with Gasteiger partial charge in [0.15, 0.2) is 5.78 Å². The number of carboxylic acid groups (broad SMARTS) is 3. The molecule has 0 unspecified atom stereocenters. The summed E-state index contributed by atoms with van der Waals surface area (Å²) in [5, 5.41) is 39.9. The summed E-state index contributed by atoms with van der Waals surface area (Å²) in [6.07, 6.45) is 1.05. The van der Waals surface area contributed by atoms with Gasteiger partial charge in [0.25, 0.3) is 0 Å². The molecule has 0 radical (unpaired) electrons. The Balaban J connectivity index is 4.61. The van der Waals surface area contributed by atoms with Gasteiger partial charge in [0.1, 0.15) is 18.1 Å². The first-order valence-corrected chi connectivity index (χ1v) is 13.4. The average Bonchev–Trinajstić information content (AvgIpc) is 2.91. The van der Waals surface area contributed by atoms with Crippen molar-refractivity contribution in [3.63, 3.8) is 0 Å². The van der Waals surface area contributed by atoms with Crippen LogP contribution in [-0.4, -0.2) is 100 Å². The Labute approximate surface area is 243 Å². The van der Waals surface area contributed by atoms with E-state index in [0.29, 0.717) is 25.8 Å². The second-order valence-electron chi connectivity index (χ2n) is 9.42. The zero-order valence-corrected chi connectivity index (χ0v) is 23.8. The Morgan fingerprint density at radius 3 is 1.45 bits per heavy atom. The summed E-state index contributed by atoms with van der Waals surface area (Å²) in [5.41, 5.74) is 0. The van der Waals surface area contributed by atoms with Crippen molar-refractivity contribution in [1.82, 2.24) is 26.6 Å². The molecular weight excluding hydrogens is 558 g/mol. The molecule has 0 aliphatic rings. The predicted octanol–water partition coefficient (Wildman–Crippen LogP) is -1.32. The van der Waals surface area contributed by atoms with Crippen molar-refractivity contribution in [3.05, 3.63) is 12.7 Å². The maximum atomic E-state index is 12.3. The number of carbonyl (C=O) groups is 8. The van der Waals surface area contributed by atoms with Crippen LogP contribution in [-0.2, 0) is 38.4 Å². The van der Waals surface area contributed by atoms with Crippen LogP contribution in [0, 0.1) is 0 Å². The van der Waals surface area contributed by atoms with Crippen LogP contribution < -0.4 is 26.6 Å². The van der Waals surface area contributed by atoms with Crippen LogP contribution in [0.1, 0.15) is 64.7 Å². The highest BCUT2D eigenvalue weighted by atomic mass is 16.4. The molecule has 4 atom stereocenters. The summed E-state index contributed by atoms with van der Waals surface area (Å²) in [4.78, 5) is 93.4. The van der Waals surface area contributed by atoms with E-state index < -0.39 is 72.5 Å². The van der Waals surface area contributed by atoms with Crippen LogP contribution in [0.5, 0.6) is 0 Å². The van der Waals surface area contributed by atoms with Crippen molar-refractivity contribution in [2.75, 3.05) is 13.6 Å². The van der Waals surface area contributed by atoms with E-state index in [1.54, 1.807) is 7.05 Å². The van der Waals surface area contributed by atoms with Gasteiger partial charge in [0.05, 0.1) is 6.04 Å². The molecule has 236 valence electrons. The van der Waals surface area contributed by atoms with Gasteiger partial charge in [-0.05, 0) is 51.6 Å². The van der Waals surface area contributed by atoms with Gasteiger partial charge >= 0.3 is 17.9 Å². The average molecular weight is 600 g/mol. The molecule has 0 aliphatic heterocycles. The molecule has 0 fully saturated rings. The molecule has 16 nitrogen and oxygen atoms in total. The summed E-state index contributed by atoms with van der Waals surface area (Å²) in [5.74, 6) is -7.03. The van der Waals surface area contributed by atoms with Crippen molar-refractivity contribution in [3.8, 4) is 0 Å². The zero-order chi connectivity index (χ0) is 32.2. The van der Waals surface area contributed by atoms with Crippen molar-refractivity contribution in [2.45, 2.75) is 88.9 Å². The van der Waals surface area contributed by atoms with Crippen molar-refractivity contribution >= 4 is 47.3 Å². The van der Waals surface area contributed by atoms with Gasteiger partial charge in [-0.1, -0.05) is 6.58 Å². The Morgan fingerprint density at radius 1 is 0.643 bits per heavy atom. The summed E-state index contributed by atoms with van der Waals surface area (Å²) in [6.45, 7) is 4.86. The lowest BCUT2D eigenvalue weighted by atomic mass is 10.1. The lowest BCUT2D eigenvalue weighted by molar-refractivity contribution is -0.144. The van der Waals surface area contributed by atoms with Crippen molar-refractivity contribution in [1.29, 1.82) is 0 Å². The maximum Gasteiger partial charge on any atom is 0.326 e. The lowest BCUT2D eigenvalue weighted by Gasteiger charge is -2.18. The number of unbranched alkanes of at least 4 members (excludes halogenated alkanes) is 1. The fourth-order valence-corrected chi connectivity index (χ4v) is 3.74. The van der Waals surface area contributed by atoms with E-state index in [0.717, 1.165) is 6.92 Å². The minimum Gasteiger partial charge on any atom is -0.480 e. The molecule has 4 amide bonds. The van der Waals surface area contributed by atoms with E-state index in [-0.39, 0.29) is 37.5 Å². The number of carbonyl (C=O) groups excluding carboxylic acids is 5. The van der Waals surface area contributed by atoms with Crippen LogP contribution in [0.2, 0.25) is 0 Å². The van der Waals surface area contributed by atoms with Gasteiger partial charge in [0.2, 0.25) is 23.6 Å². The number of aliphatic carboxylic acids is 3. The molecule has 0 aliphatic carbocycles. The van der Waals surface area contributed by atoms with Crippen molar-refractivity contribution in [2.24, 2.45) is 0 Å². The van der Waals surface area contributed by atoms with Crippen LogP contribution in [0.15, 0.2) is 12.7 Å². The molecular formula is C26H41N5O11. The fourth-order valence-electron chi connectivity index (χ4n) is 3.74. The zero-order valence-electron chi connectivity index (χ0n) is 23.8. The molecule has 0 aromatic carbocycles. The summed E-state index contributed by atoms with van der Waals surface area (Å²) in [6, 6.07) is -4.63. The van der Waals surface area contributed by atoms with E-state index in [1.807, 2.05) is 0 Å². The van der Waals surface area contributed by atoms with Crippen molar-refractivity contribution < 1.29 is 53.7 Å². The van der Waals surface area contributed by atoms with Crippen LogP contribution in [0.3, 0.4) is 0 Å². The van der Waals surface area contributed by atoms with Gasteiger partial charge in [-0.25, -0.2) is 14.4 Å². The molecule has 0 heterocycles. The quantitative estimate of drug-likeness (QED) is 0.0503. The highest BCUT2D eigenvalue weighted by Crippen LogP contribution is 2.06. The van der Waals surface area contributed by atoms with E-state index in [9.17, 15) is 48.6 Å². The first-order chi connectivity index (χ1) is 19.7. The molecule has 16 heteroatoms. The second kappa shape index (κ2) is 20.5. The normalized spacial score (nSPS) is 13.4. The standard InChI is InChI=1S/C26H41N5O11/c1-4-20(33)16(27-3)7-5-6-14-28-21(34)11-8-18(25(39)40)30-23(36)13-10-19(26(41)42)31-22(35)12-9-17(24(37)38)29-15(2)32/h4,16-19,27H,1,5-14H2,2-3H3,(H,28,34)(H,29,32)(H,30,36)(H,31,35)(H,37,38)(H,39,40)(H,41,42)/t16-,17-,18-,19-/m0/s1. The number of hydrogen-bond acceptors (Lipinski definition) is 9.